The highest BCUT2D eigenvalue weighted by Gasteiger charge is 2.42. The van der Waals surface area contributed by atoms with Crippen molar-refractivity contribution in [1.82, 2.24) is 0 Å². The standard InChI is InChI=1S/C20H20O6/c1-9-20(2,3)15-13(25-9)8-11(21)14-16(22)10-6-7-12(23-4)18(24-5)17(10)26-19(14)15/h6-9,21H,1-5H3. The summed E-state index contributed by atoms with van der Waals surface area (Å²) in [6.07, 6.45) is -0.129. The van der Waals surface area contributed by atoms with Crippen LogP contribution in [-0.2, 0) is 5.41 Å². The second kappa shape index (κ2) is 5.30. The molecular formula is C20H20O6. The molecule has 1 aliphatic rings. The third-order valence-electron chi connectivity index (χ3n) is 5.36. The zero-order valence-corrected chi connectivity index (χ0v) is 15.3. The van der Waals surface area contributed by atoms with Gasteiger partial charge in [-0.05, 0) is 19.1 Å². The van der Waals surface area contributed by atoms with E-state index in [1.165, 1.54) is 20.3 Å². The van der Waals surface area contributed by atoms with Crippen molar-refractivity contribution >= 4 is 21.9 Å². The van der Waals surface area contributed by atoms with E-state index in [9.17, 15) is 9.90 Å². The SMILES string of the molecule is COc1ccc2c(=O)c3c(O)cc4c(c3oc2c1OC)C(C)(C)C(C)O4. The molecule has 6 nitrogen and oxygen atoms in total. The summed E-state index contributed by atoms with van der Waals surface area (Å²) in [5.41, 5.74) is 0.655. The summed E-state index contributed by atoms with van der Waals surface area (Å²) >= 11 is 0. The molecule has 0 aliphatic carbocycles. The third kappa shape index (κ3) is 1.95. The van der Waals surface area contributed by atoms with E-state index in [0.717, 1.165) is 5.56 Å². The van der Waals surface area contributed by atoms with Crippen molar-refractivity contribution in [2.75, 3.05) is 14.2 Å². The van der Waals surface area contributed by atoms with Crippen LogP contribution < -0.4 is 19.6 Å². The molecule has 136 valence electrons. The second-order valence-electron chi connectivity index (χ2n) is 7.06. The van der Waals surface area contributed by atoms with Crippen molar-refractivity contribution in [3.63, 3.8) is 0 Å². The molecule has 2 aromatic carbocycles. The quantitative estimate of drug-likeness (QED) is 0.705. The average Bonchev–Trinajstić information content (AvgIpc) is 2.82. The molecule has 0 radical (unpaired) electrons. The van der Waals surface area contributed by atoms with Gasteiger partial charge in [-0.15, -0.1) is 0 Å². The molecule has 0 bridgehead atoms. The lowest BCUT2D eigenvalue weighted by molar-refractivity contribution is 0.185. The van der Waals surface area contributed by atoms with Crippen molar-refractivity contribution in [1.29, 1.82) is 0 Å². The molecular weight excluding hydrogens is 336 g/mol. The fourth-order valence-corrected chi connectivity index (χ4v) is 3.60. The van der Waals surface area contributed by atoms with Gasteiger partial charge in [-0.1, -0.05) is 13.8 Å². The van der Waals surface area contributed by atoms with Crippen LogP contribution in [0.3, 0.4) is 0 Å². The minimum atomic E-state index is -0.392. The Morgan fingerprint density at radius 1 is 1.15 bits per heavy atom. The monoisotopic (exact) mass is 356 g/mol. The van der Waals surface area contributed by atoms with Crippen LogP contribution in [0.25, 0.3) is 21.9 Å². The molecule has 1 atom stereocenters. The van der Waals surface area contributed by atoms with E-state index in [2.05, 4.69) is 0 Å². The van der Waals surface area contributed by atoms with Crippen LogP contribution in [0.2, 0.25) is 0 Å². The molecule has 1 unspecified atom stereocenters. The fourth-order valence-electron chi connectivity index (χ4n) is 3.60. The van der Waals surface area contributed by atoms with Crippen molar-refractivity contribution < 1.29 is 23.7 Å². The molecule has 2 heterocycles. The fraction of sp³-hybridized carbons (Fsp3) is 0.350. The van der Waals surface area contributed by atoms with Crippen LogP contribution >= 0.6 is 0 Å². The molecule has 26 heavy (non-hydrogen) atoms. The summed E-state index contributed by atoms with van der Waals surface area (Å²) in [6, 6.07) is 4.74. The zero-order valence-electron chi connectivity index (χ0n) is 15.3. The van der Waals surface area contributed by atoms with Gasteiger partial charge < -0.3 is 23.7 Å². The van der Waals surface area contributed by atoms with Crippen LogP contribution in [0.4, 0.5) is 0 Å². The first kappa shape index (κ1) is 16.6. The predicted molar refractivity (Wildman–Crippen MR) is 97.9 cm³/mol. The van der Waals surface area contributed by atoms with E-state index in [1.54, 1.807) is 12.1 Å². The number of benzene rings is 2. The summed E-state index contributed by atoms with van der Waals surface area (Å²) in [4.78, 5) is 13.1. The number of hydrogen-bond donors (Lipinski definition) is 1. The summed E-state index contributed by atoms with van der Waals surface area (Å²) in [5.74, 6) is 1.17. The predicted octanol–water partition coefficient (Wildman–Crippen LogP) is 3.73. The van der Waals surface area contributed by atoms with Gasteiger partial charge in [0.25, 0.3) is 0 Å². The molecule has 0 spiro atoms. The molecule has 0 saturated carbocycles. The second-order valence-corrected chi connectivity index (χ2v) is 7.06. The maximum Gasteiger partial charge on any atom is 0.204 e. The Balaban J connectivity index is 2.25. The van der Waals surface area contributed by atoms with Crippen molar-refractivity contribution in [2.24, 2.45) is 0 Å². The number of hydrogen-bond acceptors (Lipinski definition) is 6. The summed E-state index contributed by atoms with van der Waals surface area (Å²) < 4.78 is 22.8. The van der Waals surface area contributed by atoms with Gasteiger partial charge in [0.15, 0.2) is 11.3 Å². The normalized spacial score (nSPS) is 18.0. The van der Waals surface area contributed by atoms with Gasteiger partial charge in [-0.2, -0.15) is 0 Å². The number of phenols is 1. The lowest BCUT2D eigenvalue weighted by atomic mass is 9.81. The molecule has 1 N–H and O–H groups in total. The Bertz CT molecular complexity index is 1110. The van der Waals surface area contributed by atoms with E-state index in [-0.39, 0.29) is 28.3 Å². The van der Waals surface area contributed by atoms with Gasteiger partial charge in [0.2, 0.25) is 11.2 Å². The van der Waals surface area contributed by atoms with Gasteiger partial charge in [-0.25, -0.2) is 0 Å². The molecule has 0 amide bonds. The summed E-state index contributed by atoms with van der Waals surface area (Å²) in [7, 11) is 3.01. The summed E-state index contributed by atoms with van der Waals surface area (Å²) in [6.45, 7) is 5.99. The molecule has 1 aromatic heterocycles. The largest absolute Gasteiger partial charge is 0.507 e. The Kier molecular flexibility index (Phi) is 3.38. The lowest BCUT2D eigenvalue weighted by Gasteiger charge is -2.22. The topological polar surface area (TPSA) is 78.1 Å². The molecule has 0 fully saturated rings. The van der Waals surface area contributed by atoms with Crippen molar-refractivity contribution in [3.8, 4) is 23.0 Å². The van der Waals surface area contributed by atoms with E-state index >= 15 is 0 Å². The average molecular weight is 356 g/mol. The van der Waals surface area contributed by atoms with Crippen LogP contribution in [0.15, 0.2) is 27.4 Å². The Morgan fingerprint density at radius 3 is 2.54 bits per heavy atom. The van der Waals surface area contributed by atoms with E-state index < -0.39 is 5.41 Å². The van der Waals surface area contributed by atoms with Crippen LogP contribution in [-0.4, -0.2) is 25.4 Å². The van der Waals surface area contributed by atoms with E-state index in [1.807, 2.05) is 20.8 Å². The van der Waals surface area contributed by atoms with Gasteiger partial charge in [-0.3, -0.25) is 4.79 Å². The van der Waals surface area contributed by atoms with E-state index in [4.69, 9.17) is 18.6 Å². The van der Waals surface area contributed by atoms with E-state index in [0.29, 0.717) is 28.2 Å². The van der Waals surface area contributed by atoms with Gasteiger partial charge >= 0.3 is 0 Å². The number of rotatable bonds is 2. The molecule has 1 aliphatic heterocycles. The Hall–Kier alpha value is -2.89. The first-order chi connectivity index (χ1) is 12.3. The number of methoxy groups -OCH3 is 2. The highest BCUT2D eigenvalue weighted by atomic mass is 16.5. The highest BCUT2D eigenvalue weighted by molar-refractivity contribution is 5.99. The third-order valence-corrected chi connectivity index (χ3v) is 5.36. The molecule has 6 heteroatoms. The smallest absolute Gasteiger partial charge is 0.204 e. The first-order valence-corrected chi connectivity index (χ1v) is 8.35. The molecule has 4 rings (SSSR count). The molecule has 0 saturated heterocycles. The van der Waals surface area contributed by atoms with Crippen LogP contribution in [0, 0.1) is 0 Å². The van der Waals surface area contributed by atoms with Gasteiger partial charge in [0.05, 0.1) is 19.6 Å². The number of ether oxygens (including phenoxy) is 3. The molecule has 3 aromatic rings. The lowest BCUT2D eigenvalue weighted by Crippen LogP contribution is -2.29. The first-order valence-electron chi connectivity index (χ1n) is 8.35. The maximum atomic E-state index is 13.1. The minimum absolute atomic E-state index is 0.129. The van der Waals surface area contributed by atoms with Crippen molar-refractivity contribution in [2.45, 2.75) is 32.3 Å². The number of aromatic hydroxyl groups is 1. The van der Waals surface area contributed by atoms with Crippen molar-refractivity contribution in [3.05, 3.63) is 34.0 Å². The van der Waals surface area contributed by atoms with Crippen LogP contribution in [0.5, 0.6) is 23.0 Å². The van der Waals surface area contributed by atoms with Gasteiger partial charge in [0.1, 0.15) is 28.6 Å². The van der Waals surface area contributed by atoms with Gasteiger partial charge in [0, 0.05) is 17.0 Å². The minimum Gasteiger partial charge on any atom is -0.507 e. The Morgan fingerprint density at radius 2 is 1.88 bits per heavy atom. The van der Waals surface area contributed by atoms with Crippen LogP contribution in [0.1, 0.15) is 26.3 Å². The number of phenolic OH excluding ortho intramolecular Hbond substituents is 1. The zero-order chi connectivity index (χ0) is 18.8. The summed E-state index contributed by atoms with van der Waals surface area (Å²) in [5, 5.41) is 10.9. The maximum absolute atomic E-state index is 13.1. The Labute approximate surface area is 149 Å². The highest BCUT2D eigenvalue weighted by Crippen LogP contribution is 2.49. The number of fused-ring (bicyclic) bond motifs is 4.